The molecule has 2 heteroatoms. The van der Waals surface area contributed by atoms with Crippen LogP contribution >= 0.6 is 0 Å². The fourth-order valence-electron chi connectivity index (χ4n) is 3.53. The Morgan fingerprint density at radius 2 is 1.82 bits per heavy atom. The molecule has 1 aliphatic carbocycles. The van der Waals surface area contributed by atoms with Gasteiger partial charge in [-0.1, -0.05) is 39.5 Å². The minimum Gasteiger partial charge on any atom is -0.326 e. The first kappa shape index (κ1) is 15.0. The second-order valence-corrected chi connectivity index (χ2v) is 6.25. The van der Waals surface area contributed by atoms with Crippen molar-refractivity contribution < 1.29 is 0 Å². The van der Waals surface area contributed by atoms with Gasteiger partial charge in [-0.15, -0.1) is 0 Å². The van der Waals surface area contributed by atoms with E-state index in [1.54, 1.807) is 0 Å². The smallest absolute Gasteiger partial charge is 0.0326 e. The standard InChI is InChI=1S/C15H32N2/c1-6-12-10-8-9-11-13(12)14(16)15(3,7-2)17(4)5/h12-14H,6-11,16H2,1-5H3. The zero-order valence-electron chi connectivity index (χ0n) is 12.5. The van der Waals surface area contributed by atoms with Gasteiger partial charge in [0.1, 0.15) is 0 Å². The van der Waals surface area contributed by atoms with Crippen LogP contribution in [0.3, 0.4) is 0 Å². The average molecular weight is 240 g/mol. The van der Waals surface area contributed by atoms with Crippen LogP contribution in [0.2, 0.25) is 0 Å². The number of likely N-dealkylation sites (N-methyl/N-ethyl adjacent to an activating group) is 1. The normalized spacial score (nSPS) is 31.2. The maximum absolute atomic E-state index is 6.66. The molecule has 2 nitrogen and oxygen atoms in total. The van der Waals surface area contributed by atoms with Crippen molar-refractivity contribution >= 4 is 0 Å². The summed E-state index contributed by atoms with van der Waals surface area (Å²) in [6.07, 6.45) is 7.94. The van der Waals surface area contributed by atoms with Gasteiger partial charge in [0, 0.05) is 11.6 Å². The van der Waals surface area contributed by atoms with Gasteiger partial charge in [-0.25, -0.2) is 0 Å². The van der Waals surface area contributed by atoms with Gasteiger partial charge in [0.15, 0.2) is 0 Å². The Morgan fingerprint density at radius 1 is 1.24 bits per heavy atom. The lowest BCUT2D eigenvalue weighted by Gasteiger charge is -2.47. The second-order valence-electron chi connectivity index (χ2n) is 6.25. The number of hydrogen-bond donors (Lipinski definition) is 1. The summed E-state index contributed by atoms with van der Waals surface area (Å²) in [6.45, 7) is 6.93. The molecule has 1 saturated carbocycles. The lowest BCUT2D eigenvalue weighted by atomic mass is 9.68. The van der Waals surface area contributed by atoms with Crippen LogP contribution in [0.4, 0.5) is 0 Å². The SMILES string of the molecule is CCC1CCCCC1C(N)C(C)(CC)N(C)C. The number of rotatable bonds is 5. The molecule has 0 saturated heterocycles. The van der Waals surface area contributed by atoms with Crippen molar-refractivity contribution in [2.24, 2.45) is 17.6 Å². The zero-order valence-corrected chi connectivity index (χ0v) is 12.5. The molecule has 1 rings (SSSR count). The van der Waals surface area contributed by atoms with Gasteiger partial charge in [0.25, 0.3) is 0 Å². The molecule has 0 amide bonds. The van der Waals surface area contributed by atoms with Gasteiger partial charge in [0.05, 0.1) is 0 Å². The summed E-state index contributed by atoms with van der Waals surface area (Å²) in [4.78, 5) is 2.33. The van der Waals surface area contributed by atoms with Crippen LogP contribution in [0.1, 0.15) is 59.3 Å². The van der Waals surface area contributed by atoms with Gasteiger partial charge in [-0.2, -0.15) is 0 Å². The van der Waals surface area contributed by atoms with Gasteiger partial charge < -0.3 is 10.6 Å². The predicted molar refractivity (Wildman–Crippen MR) is 76.1 cm³/mol. The Hall–Kier alpha value is -0.0800. The molecule has 102 valence electrons. The van der Waals surface area contributed by atoms with E-state index in [2.05, 4.69) is 39.8 Å². The molecule has 0 aromatic heterocycles. The zero-order chi connectivity index (χ0) is 13.1. The molecule has 0 radical (unpaired) electrons. The van der Waals surface area contributed by atoms with Crippen LogP contribution in [0.5, 0.6) is 0 Å². The summed E-state index contributed by atoms with van der Waals surface area (Å²) in [5.41, 5.74) is 6.81. The van der Waals surface area contributed by atoms with E-state index in [9.17, 15) is 0 Å². The highest BCUT2D eigenvalue weighted by molar-refractivity contribution is 4.98. The lowest BCUT2D eigenvalue weighted by Crippen LogP contribution is -2.59. The highest BCUT2D eigenvalue weighted by Gasteiger charge is 2.40. The Balaban J connectivity index is 2.81. The summed E-state index contributed by atoms with van der Waals surface area (Å²) in [5.74, 6) is 1.57. The largest absolute Gasteiger partial charge is 0.326 e. The number of nitrogens with zero attached hydrogens (tertiary/aromatic N) is 1. The molecule has 1 fully saturated rings. The van der Waals surface area contributed by atoms with Crippen molar-refractivity contribution in [1.29, 1.82) is 0 Å². The van der Waals surface area contributed by atoms with E-state index >= 15 is 0 Å². The second kappa shape index (κ2) is 6.19. The van der Waals surface area contributed by atoms with Crippen molar-refractivity contribution in [2.45, 2.75) is 70.9 Å². The first-order valence-electron chi connectivity index (χ1n) is 7.40. The fraction of sp³-hybridized carbons (Fsp3) is 1.00. The quantitative estimate of drug-likeness (QED) is 0.799. The third-order valence-electron chi connectivity index (χ3n) is 5.41. The van der Waals surface area contributed by atoms with E-state index in [0.717, 1.165) is 18.3 Å². The Kier molecular flexibility index (Phi) is 5.46. The van der Waals surface area contributed by atoms with Crippen molar-refractivity contribution in [3.63, 3.8) is 0 Å². The summed E-state index contributed by atoms with van der Waals surface area (Å²) < 4.78 is 0. The molecule has 4 atom stereocenters. The number of nitrogens with two attached hydrogens (primary N) is 1. The Morgan fingerprint density at radius 3 is 2.29 bits per heavy atom. The van der Waals surface area contributed by atoms with E-state index in [1.807, 2.05) is 0 Å². The maximum Gasteiger partial charge on any atom is 0.0326 e. The van der Waals surface area contributed by atoms with Crippen molar-refractivity contribution in [1.82, 2.24) is 4.90 Å². The van der Waals surface area contributed by atoms with Crippen molar-refractivity contribution in [3.8, 4) is 0 Å². The Labute approximate surface area is 108 Å². The summed E-state index contributed by atoms with van der Waals surface area (Å²) >= 11 is 0. The van der Waals surface area contributed by atoms with E-state index in [-0.39, 0.29) is 5.54 Å². The predicted octanol–water partition coefficient (Wildman–Crippen LogP) is 3.26. The summed E-state index contributed by atoms with van der Waals surface area (Å²) in [7, 11) is 4.35. The number of hydrogen-bond acceptors (Lipinski definition) is 2. The molecular formula is C15H32N2. The minimum absolute atomic E-state index is 0.148. The lowest BCUT2D eigenvalue weighted by molar-refractivity contribution is 0.0632. The molecule has 17 heavy (non-hydrogen) atoms. The Bertz CT molecular complexity index is 227. The molecule has 2 N–H and O–H groups in total. The summed E-state index contributed by atoms with van der Waals surface area (Å²) in [5, 5.41) is 0. The molecule has 0 aliphatic heterocycles. The minimum atomic E-state index is 0.148. The van der Waals surface area contributed by atoms with Gasteiger partial charge >= 0.3 is 0 Å². The van der Waals surface area contributed by atoms with Crippen LogP contribution in [-0.4, -0.2) is 30.6 Å². The maximum atomic E-state index is 6.66. The van der Waals surface area contributed by atoms with Crippen LogP contribution in [0, 0.1) is 11.8 Å². The molecule has 1 aliphatic rings. The van der Waals surface area contributed by atoms with Crippen LogP contribution in [-0.2, 0) is 0 Å². The average Bonchev–Trinajstić information content (AvgIpc) is 2.36. The highest BCUT2D eigenvalue weighted by Crippen LogP contribution is 2.38. The highest BCUT2D eigenvalue weighted by atomic mass is 15.2. The topological polar surface area (TPSA) is 29.3 Å². The molecule has 0 aromatic carbocycles. The summed E-state index contributed by atoms with van der Waals surface area (Å²) in [6, 6.07) is 0.313. The molecule has 0 aromatic rings. The van der Waals surface area contributed by atoms with Crippen LogP contribution in [0.15, 0.2) is 0 Å². The third kappa shape index (κ3) is 3.03. The molecule has 0 spiro atoms. The van der Waals surface area contributed by atoms with Crippen LogP contribution < -0.4 is 5.73 Å². The first-order valence-corrected chi connectivity index (χ1v) is 7.40. The van der Waals surface area contributed by atoms with Gasteiger partial charge in [0.2, 0.25) is 0 Å². The first-order chi connectivity index (χ1) is 7.97. The molecule has 4 unspecified atom stereocenters. The van der Waals surface area contributed by atoms with Crippen molar-refractivity contribution in [3.05, 3.63) is 0 Å². The van der Waals surface area contributed by atoms with E-state index in [1.165, 1.54) is 32.1 Å². The molecule has 0 bridgehead atoms. The van der Waals surface area contributed by atoms with Crippen molar-refractivity contribution in [2.75, 3.05) is 14.1 Å². The van der Waals surface area contributed by atoms with E-state index in [4.69, 9.17) is 5.73 Å². The van der Waals surface area contributed by atoms with E-state index < -0.39 is 0 Å². The third-order valence-corrected chi connectivity index (χ3v) is 5.41. The van der Waals surface area contributed by atoms with Gasteiger partial charge in [-0.3, -0.25) is 0 Å². The molecular weight excluding hydrogens is 208 g/mol. The monoisotopic (exact) mass is 240 g/mol. The fourth-order valence-corrected chi connectivity index (χ4v) is 3.53. The van der Waals surface area contributed by atoms with E-state index in [0.29, 0.717) is 6.04 Å². The van der Waals surface area contributed by atoms with Crippen LogP contribution in [0.25, 0.3) is 0 Å². The van der Waals surface area contributed by atoms with Gasteiger partial charge in [-0.05, 0) is 45.7 Å². The molecule has 0 heterocycles.